The number of hydrogen-bond donors (Lipinski definition) is 2. The largest absolute Gasteiger partial charge is 0.508 e. The fraction of sp³-hybridized carbons (Fsp3) is 0.0833. The van der Waals surface area contributed by atoms with Gasteiger partial charge in [-0.3, -0.25) is 0 Å². The Morgan fingerprint density at radius 1 is 1.06 bits per heavy atom. The third kappa shape index (κ3) is 1.84. The van der Waals surface area contributed by atoms with E-state index in [1.165, 1.54) is 0 Å². The van der Waals surface area contributed by atoms with Crippen molar-refractivity contribution in [1.82, 2.24) is 19.8 Å². The van der Waals surface area contributed by atoms with Gasteiger partial charge in [-0.2, -0.15) is 4.52 Å². The maximum Gasteiger partial charge on any atom is 0.178 e. The molecule has 0 aliphatic carbocycles. The van der Waals surface area contributed by atoms with E-state index < -0.39 is 0 Å². The molecule has 0 aliphatic heterocycles. The molecule has 3 aromatic rings. The predicted molar refractivity (Wildman–Crippen MR) is 66.1 cm³/mol. The Labute approximate surface area is 103 Å². The van der Waals surface area contributed by atoms with Gasteiger partial charge in [-0.15, -0.1) is 15.3 Å². The van der Waals surface area contributed by atoms with Gasteiger partial charge < -0.3 is 10.8 Å². The zero-order chi connectivity index (χ0) is 12.5. The second-order valence-corrected chi connectivity index (χ2v) is 3.99. The highest BCUT2D eigenvalue weighted by Crippen LogP contribution is 2.13. The molecule has 0 spiro atoms. The van der Waals surface area contributed by atoms with Crippen LogP contribution in [0.5, 0.6) is 5.75 Å². The van der Waals surface area contributed by atoms with E-state index in [0.29, 0.717) is 23.7 Å². The average molecular weight is 241 g/mol. The molecule has 0 amide bonds. The summed E-state index contributed by atoms with van der Waals surface area (Å²) in [6, 6.07) is 10.4. The SMILES string of the molecule is Nc1ccc2nnc(Cc3ccc(O)cc3)n2n1. The number of rotatable bonds is 2. The first-order chi connectivity index (χ1) is 8.72. The van der Waals surface area contributed by atoms with Crippen LogP contribution in [0.2, 0.25) is 0 Å². The number of hydrogen-bond acceptors (Lipinski definition) is 5. The molecule has 3 rings (SSSR count). The quantitative estimate of drug-likeness (QED) is 0.698. The van der Waals surface area contributed by atoms with Crippen LogP contribution in [0.4, 0.5) is 5.82 Å². The van der Waals surface area contributed by atoms with Gasteiger partial charge in [-0.1, -0.05) is 12.1 Å². The van der Waals surface area contributed by atoms with Crippen LogP contribution >= 0.6 is 0 Å². The Hall–Kier alpha value is -2.63. The zero-order valence-corrected chi connectivity index (χ0v) is 9.48. The van der Waals surface area contributed by atoms with Gasteiger partial charge in [-0.25, -0.2) is 0 Å². The summed E-state index contributed by atoms with van der Waals surface area (Å²) in [5.41, 5.74) is 7.33. The van der Waals surface area contributed by atoms with Crippen molar-refractivity contribution in [2.24, 2.45) is 0 Å². The van der Waals surface area contributed by atoms with E-state index in [1.807, 2.05) is 12.1 Å². The first-order valence-electron chi connectivity index (χ1n) is 5.47. The molecule has 6 heteroatoms. The Morgan fingerprint density at radius 3 is 2.61 bits per heavy atom. The first kappa shape index (κ1) is 10.5. The summed E-state index contributed by atoms with van der Waals surface area (Å²) in [6.07, 6.45) is 0.581. The highest BCUT2D eigenvalue weighted by atomic mass is 16.3. The molecule has 0 bridgehead atoms. The Balaban J connectivity index is 1.99. The molecule has 1 aromatic carbocycles. The van der Waals surface area contributed by atoms with Gasteiger partial charge in [0.1, 0.15) is 11.6 Å². The van der Waals surface area contributed by atoms with E-state index in [2.05, 4.69) is 15.3 Å². The van der Waals surface area contributed by atoms with Gasteiger partial charge in [0.2, 0.25) is 0 Å². The van der Waals surface area contributed by atoms with Gasteiger partial charge in [0.05, 0.1) is 0 Å². The molecule has 0 saturated carbocycles. The van der Waals surface area contributed by atoms with Crippen molar-refractivity contribution in [2.45, 2.75) is 6.42 Å². The number of anilines is 1. The number of fused-ring (bicyclic) bond motifs is 1. The fourth-order valence-corrected chi connectivity index (χ4v) is 1.75. The second-order valence-electron chi connectivity index (χ2n) is 3.99. The molecule has 0 saturated heterocycles. The summed E-state index contributed by atoms with van der Waals surface area (Å²) in [7, 11) is 0. The van der Waals surface area contributed by atoms with Crippen molar-refractivity contribution in [3.8, 4) is 5.75 Å². The molecule has 2 heterocycles. The van der Waals surface area contributed by atoms with Crippen molar-refractivity contribution in [2.75, 3.05) is 5.73 Å². The lowest BCUT2D eigenvalue weighted by Gasteiger charge is -2.00. The summed E-state index contributed by atoms with van der Waals surface area (Å²) in [4.78, 5) is 0. The predicted octanol–water partition coefficient (Wildman–Crippen LogP) is 1.00. The van der Waals surface area contributed by atoms with Crippen LogP contribution in [0.25, 0.3) is 5.65 Å². The third-order valence-corrected chi connectivity index (χ3v) is 2.65. The summed E-state index contributed by atoms with van der Waals surface area (Å²) < 4.78 is 1.63. The van der Waals surface area contributed by atoms with Gasteiger partial charge in [0, 0.05) is 6.42 Å². The van der Waals surface area contributed by atoms with Gasteiger partial charge >= 0.3 is 0 Å². The molecule has 2 aromatic heterocycles. The molecule has 0 fully saturated rings. The van der Waals surface area contributed by atoms with E-state index in [9.17, 15) is 5.11 Å². The van der Waals surface area contributed by atoms with Crippen molar-refractivity contribution in [1.29, 1.82) is 0 Å². The molecule has 6 nitrogen and oxygen atoms in total. The van der Waals surface area contributed by atoms with Crippen LogP contribution in [0.15, 0.2) is 36.4 Å². The number of nitrogens with two attached hydrogens (primary N) is 1. The molecular formula is C12H11N5O. The molecule has 0 atom stereocenters. The summed E-state index contributed by atoms with van der Waals surface area (Å²) >= 11 is 0. The maximum atomic E-state index is 9.23. The van der Waals surface area contributed by atoms with E-state index in [4.69, 9.17) is 5.73 Å². The van der Waals surface area contributed by atoms with E-state index in [-0.39, 0.29) is 5.75 Å². The normalized spacial score (nSPS) is 10.9. The minimum Gasteiger partial charge on any atom is -0.508 e. The molecule has 3 N–H and O–H groups in total. The monoisotopic (exact) mass is 241 g/mol. The Morgan fingerprint density at radius 2 is 1.83 bits per heavy atom. The Bertz CT molecular complexity index is 689. The smallest absolute Gasteiger partial charge is 0.178 e. The average Bonchev–Trinajstić information content (AvgIpc) is 2.75. The number of aromatic hydroxyl groups is 1. The minimum absolute atomic E-state index is 0.243. The number of nitrogens with zero attached hydrogens (tertiary/aromatic N) is 4. The number of phenolic OH excluding ortho intramolecular Hbond substituents is 1. The number of nitrogen functional groups attached to an aromatic ring is 1. The first-order valence-corrected chi connectivity index (χ1v) is 5.47. The molecular weight excluding hydrogens is 230 g/mol. The standard InChI is InChI=1S/C12H11N5O/c13-10-5-6-11-14-15-12(17(11)16-10)7-8-1-3-9(18)4-2-8/h1-6,18H,7H2,(H2,13,16). The third-order valence-electron chi connectivity index (χ3n) is 2.65. The lowest BCUT2D eigenvalue weighted by molar-refractivity contribution is 0.475. The molecule has 18 heavy (non-hydrogen) atoms. The fourth-order valence-electron chi connectivity index (χ4n) is 1.75. The van der Waals surface area contributed by atoms with Gasteiger partial charge in [0.25, 0.3) is 0 Å². The zero-order valence-electron chi connectivity index (χ0n) is 9.48. The van der Waals surface area contributed by atoms with Gasteiger partial charge in [-0.05, 0) is 29.8 Å². The van der Waals surface area contributed by atoms with Crippen LogP contribution in [0.1, 0.15) is 11.4 Å². The second kappa shape index (κ2) is 3.99. The van der Waals surface area contributed by atoms with Crippen molar-refractivity contribution in [3.05, 3.63) is 47.8 Å². The molecule has 0 unspecified atom stereocenters. The Kier molecular flexibility index (Phi) is 2.33. The number of phenols is 1. The van der Waals surface area contributed by atoms with Crippen molar-refractivity contribution >= 4 is 11.5 Å². The number of aromatic nitrogens is 4. The van der Waals surface area contributed by atoms with Crippen molar-refractivity contribution in [3.63, 3.8) is 0 Å². The summed E-state index contributed by atoms with van der Waals surface area (Å²) in [5.74, 6) is 1.38. The lowest BCUT2D eigenvalue weighted by atomic mass is 10.1. The topological polar surface area (TPSA) is 89.3 Å². The van der Waals surface area contributed by atoms with Crippen LogP contribution in [0.3, 0.4) is 0 Å². The lowest BCUT2D eigenvalue weighted by Crippen LogP contribution is -2.02. The molecule has 0 aliphatic rings. The van der Waals surface area contributed by atoms with Crippen LogP contribution in [0, 0.1) is 0 Å². The van der Waals surface area contributed by atoms with Crippen LogP contribution in [-0.2, 0) is 6.42 Å². The van der Waals surface area contributed by atoms with E-state index in [0.717, 1.165) is 5.56 Å². The molecule has 90 valence electrons. The van der Waals surface area contributed by atoms with Crippen molar-refractivity contribution < 1.29 is 5.11 Å². The van der Waals surface area contributed by atoms with Crippen LogP contribution < -0.4 is 5.73 Å². The summed E-state index contributed by atoms with van der Waals surface area (Å²) in [5, 5.41) is 21.5. The highest BCUT2D eigenvalue weighted by molar-refractivity contribution is 5.42. The van der Waals surface area contributed by atoms with E-state index in [1.54, 1.807) is 28.8 Å². The molecule has 0 radical (unpaired) electrons. The number of benzene rings is 1. The summed E-state index contributed by atoms with van der Waals surface area (Å²) in [6.45, 7) is 0. The minimum atomic E-state index is 0.243. The van der Waals surface area contributed by atoms with E-state index >= 15 is 0 Å². The maximum absolute atomic E-state index is 9.23. The van der Waals surface area contributed by atoms with Crippen LogP contribution in [-0.4, -0.2) is 24.9 Å². The van der Waals surface area contributed by atoms with Gasteiger partial charge in [0.15, 0.2) is 11.5 Å². The highest BCUT2D eigenvalue weighted by Gasteiger charge is 2.07.